The number of alkyl halides is 2. The van der Waals surface area contributed by atoms with Gasteiger partial charge in [-0.15, -0.1) is 0 Å². The molecule has 0 aromatic heterocycles. The average Bonchev–Trinajstić information content (AvgIpc) is 1.65. The highest BCUT2D eigenvalue weighted by Gasteiger charge is 2.20. The van der Waals surface area contributed by atoms with E-state index in [4.69, 9.17) is 11.6 Å². The number of hydrogen-bond acceptors (Lipinski definition) is 0. The normalized spacial score (nSPS) is 35.8. The summed E-state index contributed by atoms with van der Waals surface area (Å²) in [4.78, 5) is 0. The van der Waals surface area contributed by atoms with Crippen LogP contribution >= 0.6 is 11.6 Å². The molecule has 1 unspecified atom stereocenters. The zero-order chi connectivity index (χ0) is 6.04. The van der Waals surface area contributed by atoms with E-state index in [1.807, 2.05) is 0 Å². The Kier molecular flexibility index (Phi) is 1.39. The molecule has 0 N–H and O–H groups in total. The van der Waals surface area contributed by atoms with Gasteiger partial charge in [-0.2, -0.15) is 0 Å². The molecule has 0 nitrogen and oxygen atoms in total. The second-order valence-corrected chi connectivity index (χ2v) is 2.38. The van der Waals surface area contributed by atoms with E-state index in [0.717, 1.165) is 0 Å². The molecule has 8 heavy (non-hydrogen) atoms. The van der Waals surface area contributed by atoms with Gasteiger partial charge in [-0.25, -0.2) is 4.39 Å². The van der Waals surface area contributed by atoms with Gasteiger partial charge in [0, 0.05) is 6.42 Å². The first-order valence-corrected chi connectivity index (χ1v) is 2.81. The van der Waals surface area contributed by atoms with E-state index in [-0.39, 0.29) is 6.42 Å². The molecular formula is C6H6ClF. The minimum Gasteiger partial charge on any atom is -0.221 e. The summed E-state index contributed by atoms with van der Waals surface area (Å²) < 4.78 is 12.5. The molecule has 0 saturated carbocycles. The first-order chi connectivity index (χ1) is 3.71. The Morgan fingerprint density at radius 1 is 1.50 bits per heavy atom. The van der Waals surface area contributed by atoms with Crippen LogP contribution in [0.3, 0.4) is 0 Å². The van der Waals surface area contributed by atoms with E-state index >= 15 is 0 Å². The van der Waals surface area contributed by atoms with Crippen LogP contribution in [0.1, 0.15) is 6.42 Å². The Labute approximate surface area is 52.6 Å². The molecule has 44 valence electrons. The van der Waals surface area contributed by atoms with Crippen LogP contribution in [0.2, 0.25) is 0 Å². The number of hydrogen-bond donors (Lipinski definition) is 0. The Hall–Kier alpha value is -0.300. The van der Waals surface area contributed by atoms with Crippen LogP contribution in [-0.4, -0.2) is 5.13 Å². The fraction of sp³-hybridized carbons (Fsp3) is 0.333. The van der Waals surface area contributed by atoms with E-state index in [9.17, 15) is 4.39 Å². The van der Waals surface area contributed by atoms with E-state index in [1.54, 1.807) is 18.2 Å². The van der Waals surface area contributed by atoms with Crippen LogP contribution in [-0.2, 0) is 0 Å². The minimum atomic E-state index is -1.62. The third kappa shape index (κ3) is 1.34. The van der Waals surface area contributed by atoms with Crippen molar-refractivity contribution in [3.8, 4) is 0 Å². The molecule has 0 aromatic carbocycles. The highest BCUT2D eigenvalue weighted by atomic mass is 35.5. The van der Waals surface area contributed by atoms with Gasteiger partial charge < -0.3 is 0 Å². The van der Waals surface area contributed by atoms with Crippen molar-refractivity contribution in [2.45, 2.75) is 11.5 Å². The van der Waals surface area contributed by atoms with Gasteiger partial charge in [-0.05, 0) is 6.08 Å². The summed E-state index contributed by atoms with van der Waals surface area (Å²) in [6, 6.07) is 0. The summed E-state index contributed by atoms with van der Waals surface area (Å²) in [5.41, 5.74) is 0. The first-order valence-electron chi connectivity index (χ1n) is 2.43. The summed E-state index contributed by atoms with van der Waals surface area (Å²) in [5.74, 6) is 0. The Balaban J connectivity index is 2.65. The molecular weight excluding hydrogens is 127 g/mol. The van der Waals surface area contributed by atoms with Crippen molar-refractivity contribution in [3.63, 3.8) is 0 Å². The number of rotatable bonds is 0. The molecule has 1 aliphatic carbocycles. The largest absolute Gasteiger partial charge is 0.221 e. The van der Waals surface area contributed by atoms with Crippen molar-refractivity contribution in [2.75, 3.05) is 0 Å². The van der Waals surface area contributed by atoms with Gasteiger partial charge in [0.05, 0.1) is 0 Å². The number of allylic oxidation sites excluding steroid dienone is 4. The molecule has 1 aliphatic rings. The van der Waals surface area contributed by atoms with Crippen LogP contribution < -0.4 is 0 Å². The van der Waals surface area contributed by atoms with Gasteiger partial charge in [0.1, 0.15) is 0 Å². The molecule has 0 spiro atoms. The maximum Gasteiger partial charge on any atom is 0.205 e. The molecule has 1 atom stereocenters. The maximum absolute atomic E-state index is 12.5. The molecule has 0 saturated heterocycles. The lowest BCUT2D eigenvalue weighted by Gasteiger charge is -2.11. The summed E-state index contributed by atoms with van der Waals surface area (Å²) >= 11 is 5.27. The van der Waals surface area contributed by atoms with Crippen LogP contribution in [0.5, 0.6) is 0 Å². The molecule has 2 heteroatoms. The second kappa shape index (κ2) is 1.90. The third-order valence-corrected chi connectivity index (χ3v) is 1.26. The highest BCUT2D eigenvalue weighted by Crippen LogP contribution is 2.26. The lowest BCUT2D eigenvalue weighted by atomic mass is 10.2. The standard InChI is InChI=1S/C6H6ClF/c7-6(8)4-2-1-3-5-6/h1-4H,5H2. The van der Waals surface area contributed by atoms with Crippen LogP contribution in [0.15, 0.2) is 24.3 Å². The fourth-order valence-corrected chi connectivity index (χ4v) is 0.730. The van der Waals surface area contributed by atoms with Gasteiger partial charge in [0.2, 0.25) is 5.13 Å². The zero-order valence-corrected chi connectivity index (χ0v) is 5.03. The molecule has 0 amide bonds. The van der Waals surface area contributed by atoms with E-state index < -0.39 is 5.13 Å². The first kappa shape index (κ1) is 5.83. The minimum absolute atomic E-state index is 0.283. The van der Waals surface area contributed by atoms with E-state index in [1.165, 1.54) is 6.08 Å². The monoisotopic (exact) mass is 132 g/mol. The molecule has 0 aromatic rings. The smallest absolute Gasteiger partial charge is 0.205 e. The number of halogens is 2. The van der Waals surface area contributed by atoms with Crippen molar-refractivity contribution < 1.29 is 4.39 Å². The van der Waals surface area contributed by atoms with Crippen molar-refractivity contribution >= 4 is 11.6 Å². The van der Waals surface area contributed by atoms with Gasteiger partial charge in [0.15, 0.2) is 0 Å². The fourth-order valence-electron chi connectivity index (χ4n) is 0.568. The van der Waals surface area contributed by atoms with Crippen LogP contribution in [0.25, 0.3) is 0 Å². The summed E-state index contributed by atoms with van der Waals surface area (Å²) in [5, 5.41) is -1.62. The molecule has 1 rings (SSSR count). The van der Waals surface area contributed by atoms with E-state index in [2.05, 4.69) is 0 Å². The molecule has 0 fully saturated rings. The zero-order valence-electron chi connectivity index (χ0n) is 4.27. The molecule has 0 radical (unpaired) electrons. The second-order valence-electron chi connectivity index (χ2n) is 1.75. The molecule has 0 bridgehead atoms. The Morgan fingerprint density at radius 3 is 2.50 bits per heavy atom. The average molecular weight is 133 g/mol. The molecule has 0 aliphatic heterocycles. The van der Waals surface area contributed by atoms with Crippen LogP contribution in [0, 0.1) is 0 Å². The lowest BCUT2D eigenvalue weighted by molar-refractivity contribution is 0.347. The summed E-state index contributed by atoms with van der Waals surface area (Å²) in [6.07, 6.45) is 6.71. The van der Waals surface area contributed by atoms with Gasteiger partial charge >= 0.3 is 0 Å². The topological polar surface area (TPSA) is 0 Å². The van der Waals surface area contributed by atoms with Crippen molar-refractivity contribution in [2.24, 2.45) is 0 Å². The van der Waals surface area contributed by atoms with Gasteiger partial charge in [0.25, 0.3) is 0 Å². The van der Waals surface area contributed by atoms with Gasteiger partial charge in [-0.1, -0.05) is 29.8 Å². The lowest BCUT2D eigenvalue weighted by Crippen LogP contribution is -2.09. The quantitative estimate of drug-likeness (QED) is 0.444. The van der Waals surface area contributed by atoms with Crippen LogP contribution in [0.4, 0.5) is 4.39 Å². The summed E-state index contributed by atoms with van der Waals surface area (Å²) in [6.45, 7) is 0. The maximum atomic E-state index is 12.5. The van der Waals surface area contributed by atoms with Gasteiger partial charge in [-0.3, -0.25) is 0 Å². The van der Waals surface area contributed by atoms with Crippen molar-refractivity contribution in [1.29, 1.82) is 0 Å². The third-order valence-electron chi connectivity index (χ3n) is 0.977. The van der Waals surface area contributed by atoms with Crippen molar-refractivity contribution in [3.05, 3.63) is 24.3 Å². The van der Waals surface area contributed by atoms with Crippen molar-refractivity contribution in [1.82, 2.24) is 0 Å². The van der Waals surface area contributed by atoms with E-state index in [0.29, 0.717) is 0 Å². The SMILES string of the molecule is FC1(Cl)C=CC=CC1. The highest BCUT2D eigenvalue weighted by molar-refractivity contribution is 6.24. The molecule has 0 heterocycles. The summed E-state index contributed by atoms with van der Waals surface area (Å²) in [7, 11) is 0. The Morgan fingerprint density at radius 2 is 2.25 bits per heavy atom. The predicted octanol–water partition coefficient (Wildman–Crippen LogP) is 2.41. The predicted molar refractivity (Wildman–Crippen MR) is 32.6 cm³/mol. The Bertz CT molecular complexity index is 135.